The SMILES string of the molecule is C[C@@]1(N2CCN(c3cc4cc(NC(=O)C5CCC5C#N)ncc4cc3Cl)CC2)COC[C@@H]1O. The van der Waals surface area contributed by atoms with Gasteiger partial charge in [0.1, 0.15) is 5.82 Å². The first kappa shape index (κ1) is 22.4. The molecule has 33 heavy (non-hydrogen) atoms. The Kier molecular flexibility index (Phi) is 5.91. The van der Waals surface area contributed by atoms with Crippen LogP contribution in [0.5, 0.6) is 0 Å². The monoisotopic (exact) mass is 469 g/mol. The van der Waals surface area contributed by atoms with Crippen LogP contribution in [-0.4, -0.2) is 71.9 Å². The van der Waals surface area contributed by atoms with Gasteiger partial charge in [-0.1, -0.05) is 11.6 Å². The van der Waals surface area contributed by atoms with Crippen LogP contribution in [0.25, 0.3) is 10.8 Å². The number of aliphatic hydroxyl groups excluding tert-OH is 1. The van der Waals surface area contributed by atoms with E-state index in [2.05, 4.69) is 33.1 Å². The number of rotatable bonds is 4. The summed E-state index contributed by atoms with van der Waals surface area (Å²) in [4.78, 5) is 21.4. The fraction of sp³-hybridized carbons (Fsp3) is 0.542. The molecule has 5 rings (SSSR count). The van der Waals surface area contributed by atoms with E-state index in [1.807, 2.05) is 18.2 Å². The molecule has 174 valence electrons. The summed E-state index contributed by atoms with van der Waals surface area (Å²) in [5.74, 6) is -0.113. The minimum atomic E-state index is -0.474. The molecule has 9 heteroatoms. The van der Waals surface area contributed by atoms with Gasteiger partial charge in [0.2, 0.25) is 5.91 Å². The van der Waals surface area contributed by atoms with Crippen molar-refractivity contribution in [2.45, 2.75) is 31.4 Å². The summed E-state index contributed by atoms with van der Waals surface area (Å²) in [5.41, 5.74) is 0.604. The number of pyridine rings is 1. The maximum atomic E-state index is 12.5. The van der Waals surface area contributed by atoms with E-state index >= 15 is 0 Å². The molecule has 1 aliphatic carbocycles. The number of hydrogen-bond donors (Lipinski definition) is 2. The number of fused-ring (bicyclic) bond motifs is 1. The lowest BCUT2D eigenvalue weighted by Gasteiger charge is -2.45. The smallest absolute Gasteiger partial charge is 0.229 e. The maximum Gasteiger partial charge on any atom is 0.229 e. The molecular formula is C24H28ClN5O3. The van der Waals surface area contributed by atoms with E-state index in [-0.39, 0.29) is 23.3 Å². The van der Waals surface area contributed by atoms with Gasteiger partial charge in [-0.25, -0.2) is 4.98 Å². The molecule has 3 aliphatic rings. The molecule has 2 aromatic rings. The maximum absolute atomic E-state index is 12.5. The number of ether oxygens (including phenoxy) is 1. The highest BCUT2D eigenvalue weighted by atomic mass is 35.5. The van der Waals surface area contributed by atoms with Crippen LogP contribution in [0.3, 0.4) is 0 Å². The Labute approximate surface area is 198 Å². The minimum absolute atomic E-state index is 0.142. The molecule has 3 fully saturated rings. The number of aromatic nitrogens is 1. The average Bonchev–Trinajstić information content (AvgIpc) is 3.12. The summed E-state index contributed by atoms with van der Waals surface area (Å²) in [6.45, 7) is 6.20. The zero-order valence-electron chi connectivity index (χ0n) is 18.6. The summed E-state index contributed by atoms with van der Waals surface area (Å²) in [6.07, 6.45) is 2.76. The number of nitriles is 1. The van der Waals surface area contributed by atoms with Gasteiger partial charge in [-0.2, -0.15) is 5.26 Å². The van der Waals surface area contributed by atoms with Crippen LogP contribution in [0.1, 0.15) is 19.8 Å². The van der Waals surface area contributed by atoms with Crippen molar-refractivity contribution < 1.29 is 14.6 Å². The summed E-state index contributed by atoms with van der Waals surface area (Å²) >= 11 is 6.63. The lowest BCUT2D eigenvalue weighted by atomic mass is 9.74. The Bertz CT molecular complexity index is 1110. The zero-order valence-corrected chi connectivity index (χ0v) is 19.4. The fourth-order valence-corrected chi connectivity index (χ4v) is 5.36. The Balaban J connectivity index is 1.31. The highest BCUT2D eigenvalue weighted by Crippen LogP contribution is 2.36. The number of nitrogens with zero attached hydrogens (tertiary/aromatic N) is 4. The van der Waals surface area contributed by atoms with Gasteiger partial charge in [0.15, 0.2) is 0 Å². The quantitative estimate of drug-likeness (QED) is 0.709. The first-order valence-electron chi connectivity index (χ1n) is 11.4. The molecule has 1 saturated carbocycles. The van der Waals surface area contributed by atoms with Crippen LogP contribution in [-0.2, 0) is 9.53 Å². The Hall–Kier alpha value is -2.44. The molecule has 3 heterocycles. The van der Waals surface area contributed by atoms with Gasteiger partial charge in [0.05, 0.1) is 53.5 Å². The lowest BCUT2D eigenvalue weighted by Crippen LogP contribution is -2.60. The number of anilines is 2. The molecule has 1 aromatic carbocycles. The molecule has 2 unspecified atom stereocenters. The first-order valence-corrected chi connectivity index (χ1v) is 11.8. The highest BCUT2D eigenvalue weighted by Gasteiger charge is 2.44. The molecule has 4 atom stereocenters. The molecule has 8 nitrogen and oxygen atoms in total. The van der Waals surface area contributed by atoms with E-state index in [4.69, 9.17) is 21.6 Å². The van der Waals surface area contributed by atoms with Crippen LogP contribution in [0, 0.1) is 23.2 Å². The van der Waals surface area contributed by atoms with Crippen molar-refractivity contribution in [3.8, 4) is 6.07 Å². The van der Waals surface area contributed by atoms with E-state index in [9.17, 15) is 9.90 Å². The summed E-state index contributed by atoms with van der Waals surface area (Å²) in [5, 5.41) is 24.9. The minimum Gasteiger partial charge on any atom is -0.389 e. The molecule has 2 N–H and O–H groups in total. The number of aliphatic hydroxyl groups is 1. The van der Waals surface area contributed by atoms with Crippen LogP contribution in [0.15, 0.2) is 24.4 Å². The van der Waals surface area contributed by atoms with Crippen molar-refractivity contribution >= 4 is 39.8 Å². The van der Waals surface area contributed by atoms with Gasteiger partial charge >= 0.3 is 0 Å². The molecule has 1 aromatic heterocycles. The standard InChI is InChI=1S/C24H28ClN5O3/c1-24(14-33-13-21(24)31)30-6-4-29(5-7-30)20-9-16-10-22(27-12-17(16)8-19(20)25)28-23(32)18-3-2-15(18)11-26/h8-10,12,15,18,21,31H,2-7,13-14H2,1H3,(H,27,28,32)/t15?,18?,21-,24+/m0/s1. The van der Waals surface area contributed by atoms with Gasteiger partial charge in [-0.15, -0.1) is 0 Å². The van der Waals surface area contributed by atoms with Gasteiger partial charge in [0, 0.05) is 37.8 Å². The summed E-state index contributed by atoms with van der Waals surface area (Å²) in [7, 11) is 0. The Morgan fingerprint density at radius 3 is 2.70 bits per heavy atom. The lowest BCUT2D eigenvalue weighted by molar-refractivity contribution is -0.123. The number of piperazine rings is 1. The van der Waals surface area contributed by atoms with Crippen molar-refractivity contribution in [1.29, 1.82) is 5.26 Å². The summed E-state index contributed by atoms with van der Waals surface area (Å²) in [6, 6.07) is 8.01. The number of amides is 1. The third-order valence-electron chi connectivity index (χ3n) is 7.55. The van der Waals surface area contributed by atoms with E-state index in [1.165, 1.54) is 0 Å². The molecule has 0 spiro atoms. The second-order valence-corrected chi connectivity index (χ2v) is 9.90. The third-order valence-corrected chi connectivity index (χ3v) is 7.85. The van der Waals surface area contributed by atoms with Gasteiger partial charge in [-0.3, -0.25) is 9.69 Å². The third kappa shape index (κ3) is 4.04. The topological polar surface area (TPSA) is 102 Å². The Morgan fingerprint density at radius 1 is 1.27 bits per heavy atom. The van der Waals surface area contributed by atoms with Gasteiger partial charge in [-0.05, 0) is 43.4 Å². The number of nitrogens with one attached hydrogen (secondary N) is 1. The van der Waals surface area contributed by atoms with Crippen LogP contribution in [0.4, 0.5) is 11.5 Å². The van der Waals surface area contributed by atoms with E-state index in [0.29, 0.717) is 24.1 Å². The van der Waals surface area contributed by atoms with E-state index in [0.717, 1.165) is 55.5 Å². The van der Waals surface area contributed by atoms with Crippen molar-refractivity contribution in [2.24, 2.45) is 11.8 Å². The second kappa shape index (κ2) is 8.73. The van der Waals surface area contributed by atoms with Crippen molar-refractivity contribution in [3.63, 3.8) is 0 Å². The molecular weight excluding hydrogens is 442 g/mol. The average molecular weight is 470 g/mol. The van der Waals surface area contributed by atoms with Crippen molar-refractivity contribution in [2.75, 3.05) is 49.6 Å². The molecule has 2 aliphatic heterocycles. The predicted octanol–water partition coefficient (Wildman–Crippen LogP) is 2.65. The molecule has 0 bridgehead atoms. The predicted molar refractivity (Wildman–Crippen MR) is 126 cm³/mol. The molecule has 2 saturated heterocycles. The van der Waals surface area contributed by atoms with Crippen LogP contribution >= 0.6 is 11.6 Å². The fourth-order valence-electron chi connectivity index (χ4n) is 5.06. The number of halogens is 1. The highest BCUT2D eigenvalue weighted by molar-refractivity contribution is 6.34. The van der Waals surface area contributed by atoms with E-state index in [1.54, 1.807) is 6.20 Å². The van der Waals surface area contributed by atoms with Crippen LogP contribution in [0.2, 0.25) is 5.02 Å². The largest absolute Gasteiger partial charge is 0.389 e. The van der Waals surface area contributed by atoms with Crippen molar-refractivity contribution in [1.82, 2.24) is 9.88 Å². The summed E-state index contributed by atoms with van der Waals surface area (Å²) < 4.78 is 5.50. The van der Waals surface area contributed by atoms with E-state index < -0.39 is 6.10 Å². The van der Waals surface area contributed by atoms with Gasteiger partial charge < -0.3 is 20.1 Å². The number of hydrogen-bond acceptors (Lipinski definition) is 7. The zero-order chi connectivity index (χ0) is 23.2. The number of carbonyl (C=O) groups is 1. The number of benzene rings is 1. The second-order valence-electron chi connectivity index (χ2n) is 9.49. The van der Waals surface area contributed by atoms with Crippen molar-refractivity contribution in [3.05, 3.63) is 29.4 Å². The van der Waals surface area contributed by atoms with Crippen LogP contribution < -0.4 is 10.2 Å². The Morgan fingerprint density at radius 2 is 2.06 bits per heavy atom. The number of carbonyl (C=O) groups excluding carboxylic acids is 1. The molecule has 0 radical (unpaired) electrons. The normalized spacial score (nSPS) is 30.1. The van der Waals surface area contributed by atoms with Gasteiger partial charge in [0.25, 0.3) is 0 Å². The first-order chi connectivity index (χ1) is 15.9. The molecule has 1 amide bonds.